The third-order valence-corrected chi connectivity index (χ3v) is 3.97. The summed E-state index contributed by atoms with van der Waals surface area (Å²) in [6, 6.07) is 14.6. The molecule has 0 unspecified atom stereocenters. The van der Waals surface area contributed by atoms with Crippen LogP contribution < -0.4 is 10.1 Å². The minimum atomic E-state index is -0.267. The van der Waals surface area contributed by atoms with Crippen molar-refractivity contribution in [3.05, 3.63) is 59.1 Å². The summed E-state index contributed by atoms with van der Waals surface area (Å²) in [5.74, 6) is 0.756. The number of halogens is 1. The number of nitrogens with zero attached hydrogens (tertiary/aromatic N) is 1. The normalized spacial score (nSPS) is 12.0. The van der Waals surface area contributed by atoms with Crippen LogP contribution in [0, 0.1) is 0 Å². The maximum Gasteiger partial charge on any atom is 0.241 e. The molecule has 0 heterocycles. The number of methoxy groups -OCH3 is 1. The minimum absolute atomic E-state index is 0.0577. The first-order valence-electron chi connectivity index (χ1n) is 7.39. The van der Waals surface area contributed by atoms with E-state index >= 15 is 0 Å². The molecule has 1 atom stereocenters. The molecule has 4 nitrogen and oxygen atoms in total. The number of carbonyl (C=O) groups excluding carboxylic acids is 1. The highest BCUT2D eigenvalue weighted by Crippen LogP contribution is 2.16. The number of benzene rings is 2. The van der Waals surface area contributed by atoms with Gasteiger partial charge in [0.2, 0.25) is 5.91 Å². The van der Waals surface area contributed by atoms with Crippen LogP contribution in [-0.2, 0) is 11.3 Å². The molecule has 0 aliphatic rings. The van der Waals surface area contributed by atoms with Gasteiger partial charge in [-0.1, -0.05) is 23.7 Å². The van der Waals surface area contributed by atoms with Crippen molar-refractivity contribution in [2.75, 3.05) is 19.5 Å². The molecule has 0 spiro atoms. The van der Waals surface area contributed by atoms with Crippen molar-refractivity contribution in [1.29, 1.82) is 0 Å². The fraction of sp³-hybridized carbons (Fsp3) is 0.278. The Bertz CT molecular complexity index is 658. The zero-order valence-electron chi connectivity index (χ0n) is 13.5. The van der Waals surface area contributed by atoms with Gasteiger partial charge >= 0.3 is 0 Å². The van der Waals surface area contributed by atoms with Gasteiger partial charge in [-0.25, -0.2) is 0 Å². The molecule has 0 radical (unpaired) electrons. The maximum absolute atomic E-state index is 12.3. The van der Waals surface area contributed by atoms with E-state index in [1.54, 1.807) is 31.4 Å². The Labute approximate surface area is 142 Å². The Hall–Kier alpha value is -2.04. The van der Waals surface area contributed by atoms with Crippen LogP contribution in [0.1, 0.15) is 12.5 Å². The lowest BCUT2D eigenvalue weighted by molar-refractivity contribution is -0.120. The molecule has 2 aromatic carbocycles. The summed E-state index contributed by atoms with van der Waals surface area (Å²) in [6.07, 6.45) is 0. The summed E-state index contributed by atoms with van der Waals surface area (Å²) in [7, 11) is 3.57. The predicted octanol–water partition coefficient (Wildman–Crippen LogP) is 3.81. The molecule has 2 rings (SSSR count). The number of hydrogen-bond acceptors (Lipinski definition) is 3. The summed E-state index contributed by atoms with van der Waals surface area (Å²) in [4.78, 5) is 14.3. The van der Waals surface area contributed by atoms with E-state index in [1.807, 2.05) is 43.1 Å². The number of likely N-dealkylation sites (N-methyl/N-ethyl adjacent to an activating group) is 1. The van der Waals surface area contributed by atoms with Gasteiger partial charge in [-0.15, -0.1) is 0 Å². The Morgan fingerprint density at radius 1 is 1.26 bits per heavy atom. The number of rotatable bonds is 6. The molecule has 5 heteroatoms. The highest BCUT2D eigenvalue weighted by atomic mass is 35.5. The summed E-state index contributed by atoms with van der Waals surface area (Å²) >= 11 is 5.85. The van der Waals surface area contributed by atoms with Gasteiger partial charge in [-0.2, -0.15) is 0 Å². The van der Waals surface area contributed by atoms with Gasteiger partial charge in [0.15, 0.2) is 0 Å². The third-order valence-electron chi connectivity index (χ3n) is 3.72. The number of carbonyl (C=O) groups is 1. The van der Waals surface area contributed by atoms with Crippen LogP contribution in [0.25, 0.3) is 0 Å². The lowest BCUT2D eigenvalue weighted by atomic mass is 10.1. The van der Waals surface area contributed by atoms with E-state index in [2.05, 4.69) is 5.32 Å². The Morgan fingerprint density at radius 3 is 2.61 bits per heavy atom. The van der Waals surface area contributed by atoms with Crippen LogP contribution in [0.15, 0.2) is 48.5 Å². The molecule has 0 aliphatic carbocycles. The second-order valence-electron chi connectivity index (χ2n) is 5.44. The molecule has 122 valence electrons. The molecular formula is C18H21ClN2O2. The number of anilines is 1. The molecule has 0 saturated carbocycles. The molecule has 0 aliphatic heterocycles. The Morgan fingerprint density at radius 2 is 1.96 bits per heavy atom. The van der Waals surface area contributed by atoms with E-state index in [-0.39, 0.29) is 11.9 Å². The van der Waals surface area contributed by atoms with E-state index in [0.29, 0.717) is 11.6 Å². The first kappa shape index (κ1) is 17.3. The van der Waals surface area contributed by atoms with Crippen molar-refractivity contribution < 1.29 is 9.53 Å². The number of hydrogen-bond donors (Lipinski definition) is 1. The molecule has 0 fully saturated rings. The molecule has 0 bridgehead atoms. The quantitative estimate of drug-likeness (QED) is 0.874. The van der Waals surface area contributed by atoms with Gasteiger partial charge in [0, 0.05) is 17.3 Å². The van der Waals surface area contributed by atoms with E-state index in [1.165, 1.54) is 0 Å². The zero-order chi connectivity index (χ0) is 16.8. The van der Waals surface area contributed by atoms with Gasteiger partial charge in [0.05, 0.1) is 13.2 Å². The smallest absolute Gasteiger partial charge is 0.241 e. The summed E-state index contributed by atoms with van der Waals surface area (Å²) in [5, 5.41) is 3.54. The van der Waals surface area contributed by atoms with Crippen LogP contribution >= 0.6 is 11.6 Å². The largest absolute Gasteiger partial charge is 0.497 e. The van der Waals surface area contributed by atoms with Crippen LogP contribution in [0.3, 0.4) is 0 Å². The monoisotopic (exact) mass is 332 g/mol. The van der Waals surface area contributed by atoms with E-state index in [0.717, 1.165) is 17.0 Å². The van der Waals surface area contributed by atoms with Crippen LogP contribution in [-0.4, -0.2) is 31.0 Å². The highest BCUT2D eigenvalue weighted by molar-refractivity contribution is 6.30. The van der Waals surface area contributed by atoms with E-state index < -0.39 is 0 Å². The van der Waals surface area contributed by atoms with Gasteiger partial charge in [-0.3, -0.25) is 9.69 Å². The molecule has 1 amide bonds. The van der Waals surface area contributed by atoms with Crippen molar-refractivity contribution >= 4 is 23.2 Å². The van der Waals surface area contributed by atoms with Gasteiger partial charge in [0.25, 0.3) is 0 Å². The fourth-order valence-electron chi connectivity index (χ4n) is 2.18. The first-order valence-corrected chi connectivity index (χ1v) is 7.77. The van der Waals surface area contributed by atoms with Crippen molar-refractivity contribution in [1.82, 2.24) is 4.90 Å². The standard InChI is InChI=1S/C18H21ClN2O2/c1-13(18(22)20-16-9-7-15(19)8-10-16)21(2)12-14-5-4-6-17(11-14)23-3/h4-11,13H,12H2,1-3H3,(H,20,22)/t13-/m1/s1. The average Bonchev–Trinajstić information content (AvgIpc) is 2.56. The molecule has 23 heavy (non-hydrogen) atoms. The van der Waals surface area contributed by atoms with Gasteiger partial charge < -0.3 is 10.1 Å². The second-order valence-corrected chi connectivity index (χ2v) is 5.88. The summed E-state index contributed by atoms with van der Waals surface area (Å²) in [5.41, 5.74) is 1.83. The SMILES string of the molecule is COc1cccc(CN(C)[C@H](C)C(=O)Nc2ccc(Cl)cc2)c1. The Kier molecular flexibility index (Phi) is 6.02. The summed E-state index contributed by atoms with van der Waals surface area (Å²) in [6.45, 7) is 2.54. The van der Waals surface area contributed by atoms with Crippen LogP contribution in [0.4, 0.5) is 5.69 Å². The topological polar surface area (TPSA) is 41.6 Å². The first-order chi connectivity index (χ1) is 11.0. The predicted molar refractivity (Wildman–Crippen MR) is 94.0 cm³/mol. The Balaban J connectivity index is 1.96. The van der Waals surface area contributed by atoms with E-state index in [9.17, 15) is 4.79 Å². The van der Waals surface area contributed by atoms with Crippen molar-refractivity contribution in [3.8, 4) is 5.75 Å². The third kappa shape index (κ3) is 4.98. The number of amides is 1. The number of nitrogens with one attached hydrogen (secondary N) is 1. The lowest BCUT2D eigenvalue weighted by Crippen LogP contribution is -2.39. The minimum Gasteiger partial charge on any atom is -0.497 e. The average molecular weight is 333 g/mol. The zero-order valence-corrected chi connectivity index (χ0v) is 14.3. The molecule has 1 N–H and O–H groups in total. The lowest BCUT2D eigenvalue weighted by Gasteiger charge is -2.24. The molecule has 0 aromatic heterocycles. The van der Waals surface area contributed by atoms with Crippen molar-refractivity contribution in [2.45, 2.75) is 19.5 Å². The maximum atomic E-state index is 12.3. The van der Waals surface area contributed by atoms with Crippen LogP contribution in [0.5, 0.6) is 5.75 Å². The molecular weight excluding hydrogens is 312 g/mol. The number of ether oxygens (including phenoxy) is 1. The fourth-order valence-corrected chi connectivity index (χ4v) is 2.30. The van der Waals surface area contributed by atoms with Gasteiger partial charge in [-0.05, 0) is 55.9 Å². The van der Waals surface area contributed by atoms with E-state index in [4.69, 9.17) is 16.3 Å². The van der Waals surface area contributed by atoms with Crippen molar-refractivity contribution in [3.63, 3.8) is 0 Å². The molecule has 2 aromatic rings. The summed E-state index contributed by atoms with van der Waals surface area (Å²) < 4.78 is 5.22. The van der Waals surface area contributed by atoms with Gasteiger partial charge in [0.1, 0.15) is 5.75 Å². The van der Waals surface area contributed by atoms with Crippen LogP contribution in [0.2, 0.25) is 5.02 Å². The molecule has 0 saturated heterocycles. The second kappa shape index (κ2) is 7.99. The van der Waals surface area contributed by atoms with Crippen molar-refractivity contribution in [2.24, 2.45) is 0 Å². The highest BCUT2D eigenvalue weighted by Gasteiger charge is 2.18.